The molecule has 0 aliphatic heterocycles. The Morgan fingerprint density at radius 1 is 0.829 bits per heavy atom. The summed E-state index contributed by atoms with van der Waals surface area (Å²) in [7, 11) is 0. The van der Waals surface area contributed by atoms with E-state index in [2.05, 4.69) is 4.74 Å². The Hall–Kier alpha value is -5.12. The number of nitrogen functional groups attached to an aromatic ring is 2. The molecule has 0 spiro atoms. The van der Waals surface area contributed by atoms with Gasteiger partial charge < -0.3 is 20.9 Å². The van der Waals surface area contributed by atoms with E-state index in [1.54, 1.807) is 36.4 Å². The SMILES string of the molecule is Cc1c(-c2ccc(N)cc2)ccc(N)c1C(=O)/C=C/c1ccc(C(=O)Oc2ccc(OC(F)(F)C(F)F)cc2)cc1. The van der Waals surface area contributed by atoms with Crippen LogP contribution in [0.25, 0.3) is 17.2 Å². The van der Waals surface area contributed by atoms with Crippen molar-refractivity contribution in [3.63, 3.8) is 0 Å². The fourth-order valence-electron chi connectivity index (χ4n) is 3.96. The topological polar surface area (TPSA) is 105 Å². The summed E-state index contributed by atoms with van der Waals surface area (Å²) in [4.78, 5) is 25.5. The van der Waals surface area contributed by atoms with Crippen LogP contribution in [-0.2, 0) is 0 Å². The van der Waals surface area contributed by atoms with Crippen LogP contribution in [0.5, 0.6) is 11.5 Å². The maximum absolute atomic E-state index is 13.1. The third-order valence-corrected chi connectivity index (χ3v) is 6.08. The van der Waals surface area contributed by atoms with Gasteiger partial charge in [-0.15, -0.1) is 0 Å². The highest BCUT2D eigenvalue weighted by molar-refractivity contribution is 6.12. The van der Waals surface area contributed by atoms with E-state index in [1.807, 2.05) is 25.1 Å². The average Bonchev–Trinajstić information content (AvgIpc) is 2.94. The van der Waals surface area contributed by atoms with Gasteiger partial charge in [0.25, 0.3) is 0 Å². The van der Waals surface area contributed by atoms with Crippen LogP contribution in [0.3, 0.4) is 0 Å². The van der Waals surface area contributed by atoms with Crippen LogP contribution in [0.4, 0.5) is 28.9 Å². The standard InChI is InChI=1S/C31H24F4N2O4/c1-18-25(20-7-9-22(36)10-8-20)15-16-26(37)28(18)27(38)17-4-19-2-5-21(6-3-19)29(39)40-23-11-13-24(14-12-23)41-31(34,35)30(32)33/h2-17,30H,36-37H2,1H3/b17-4+. The second-order valence-corrected chi connectivity index (χ2v) is 8.97. The van der Waals surface area contributed by atoms with Gasteiger partial charge in [0.05, 0.1) is 5.56 Å². The normalized spacial score (nSPS) is 11.6. The lowest BCUT2D eigenvalue weighted by Gasteiger charge is -2.16. The number of esters is 1. The first-order valence-electron chi connectivity index (χ1n) is 12.2. The van der Waals surface area contributed by atoms with Gasteiger partial charge in [-0.3, -0.25) is 4.79 Å². The molecule has 0 aromatic heterocycles. The molecule has 0 bridgehead atoms. The van der Waals surface area contributed by atoms with Gasteiger partial charge in [0, 0.05) is 16.9 Å². The molecular weight excluding hydrogens is 540 g/mol. The lowest BCUT2D eigenvalue weighted by Crippen LogP contribution is -2.33. The smallest absolute Gasteiger partial charge is 0.428 e. The van der Waals surface area contributed by atoms with Gasteiger partial charge in [0.2, 0.25) is 0 Å². The third kappa shape index (κ3) is 6.91. The summed E-state index contributed by atoms with van der Waals surface area (Å²) in [5.41, 5.74) is 16.5. The van der Waals surface area contributed by atoms with E-state index in [9.17, 15) is 27.2 Å². The number of carbonyl (C=O) groups is 2. The number of halogens is 4. The molecule has 0 heterocycles. The third-order valence-electron chi connectivity index (χ3n) is 6.08. The van der Waals surface area contributed by atoms with Crippen molar-refractivity contribution in [3.05, 3.63) is 113 Å². The maximum Gasteiger partial charge on any atom is 0.461 e. The van der Waals surface area contributed by atoms with Crippen molar-refractivity contribution in [2.24, 2.45) is 0 Å². The Kier molecular flexibility index (Phi) is 8.42. The van der Waals surface area contributed by atoms with Crippen molar-refractivity contribution in [2.45, 2.75) is 19.5 Å². The molecule has 0 atom stereocenters. The second-order valence-electron chi connectivity index (χ2n) is 8.97. The lowest BCUT2D eigenvalue weighted by atomic mass is 9.93. The van der Waals surface area contributed by atoms with Gasteiger partial charge in [-0.25, -0.2) is 4.79 Å². The quantitative estimate of drug-likeness (QED) is 0.0557. The predicted molar refractivity (Wildman–Crippen MR) is 148 cm³/mol. The maximum atomic E-state index is 13.1. The summed E-state index contributed by atoms with van der Waals surface area (Å²) in [6.45, 7) is 1.82. The number of hydrogen-bond donors (Lipinski definition) is 2. The predicted octanol–water partition coefficient (Wildman–Crippen LogP) is 7.18. The van der Waals surface area contributed by atoms with Crippen LogP contribution in [-0.4, -0.2) is 24.3 Å². The molecule has 10 heteroatoms. The molecule has 0 radical (unpaired) electrons. The number of anilines is 2. The van der Waals surface area contributed by atoms with Crippen molar-refractivity contribution in [2.75, 3.05) is 11.5 Å². The van der Waals surface area contributed by atoms with Crippen molar-refractivity contribution >= 4 is 29.2 Å². The highest BCUT2D eigenvalue weighted by atomic mass is 19.3. The number of allylic oxidation sites excluding steroid dienone is 1. The zero-order valence-corrected chi connectivity index (χ0v) is 21.6. The first kappa shape index (κ1) is 28.9. The molecule has 0 fully saturated rings. The molecule has 4 aromatic carbocycles. The van der Waals surface area contributed by atoms with Crippen LogP contribution in [0.15, 0.2) is 91.0 Å². The minimum absolute atomic E-state index is 0.00792. The summed E-state index contributed by atoms with van der Waals surface area (Å²) < 4.78 is 59.7. The number of carbonyl (C=O) groups excluding carboxylic acids is 2. The minimum atomic E-state index is -4.65. The molecule has 4 N–H and O–H groups in total. The summed E-state index contributed by atoms with van der Waals surface area (Å²) >= 11 is 0. The van der Waals surface area contributed by atoms with Crippen molar-refractivity contribution < 1.29 is 36.6 Å². The lowest BCUT2D eigenvalue weighted by molar-refractivity contribution is -0.253. The van der Waals surface area contributed by atoms with Gasteiger partial charge in [0.15, 0.2) is 5.78 Å². The van der Waals surface area contributed by atoms with Crippen LogP contribution >= 0.6 is 0 Å². The summed E-state index contributed by atoms with van der Waals surface area (Å²) in [6.07, 6.45) is -5.67. The van der Waals surface area contributed by atoms with E-state index in [0.29, 0.717) is 22.5 Å². The molecular formula is C31H24F4N2O4. The number of rotatable bonds is 9. The summed E-state index contributed by atoms with van der Waals surface area (Å²) in [5.74, 6) is -1.56. The second kappa shape index (κ2) is 12.0. The van der Waals surface area contributed by atoms with E-state index in [1.165, 1.54) is 18.2 Å². The number of ketones is 1. The van der Waals surface area contributed by atoms with Crippen molar-refractivity contribution in [1.29, 1.82) is 0 Å². The van der Waals surface area contributed by atoms with E-state index < -0.39 is 24.3 Å². The van der Waals surface area contributed by atoms with E-state index in [-0.39, 0.29) is 17.1 Å². The van der Waals surface area contributed by atoms with Crippen LogP contribution in [0.1, 0.15) is 31.8 Å². The Bertz CT molecular complexity index is 1580. The van der Waals surface area contributed by atoms with E-state index in [0.717, 1.165) is 41.0 Å². The molecule has 0 aliphatic rings. The minimum Gasteiger partial charge on any atom is -0.428 e. The molecule has 4 aromatic rings. The van der Waals surface area contributed by atoms with Crippen LogP contribution in [0, 0.1) is 6.92 Å². The molecule has 0 saturated heterocycles. The number of hydrogen-bond acceptors (Lipinski definition) is 6. The number of ether oxygens (including phenoxy) is 2. The Balaban J connectivity index is 1.42. The molecule has 41 heavy (non-hydrogen) atoms. The summed E-state index contributed by atoms with van der Waals surface area (Å²) in [5, 5.41) is 0. The Morgan fingerprint density at radius 2 is 1.44 bits per heavy atom. The van der Waals surface area contributed by atoms with Gasteiger partial charge in [-0.05, 0) is 89.9 Å². The number of benzene rings is 4. The Morgan fingerprint density at radius 3 is 2.05 bits per heavy atom. The monoisotopic (exact) mass is 564 g/mol. The number of alkyl halides is 4. The Labute approximate surface area is 232 Å². The van der Waals surface area contributed by atoms with E-state index in [4.69, 9.17) is 16.2 Å². The van der Waals surface area contributed by atoms with Crippen molar-refractivity contribution in [3.8, 4) is 22.6 Å². The van der Waals surface area contributed by atoms with E-state index >= 15 is 0 Å². The van der Waals surface area contributed by atoms with Crippen molar-refractivity contribution in [1.82, 2.24) is 0 Å². The molecule has 0 amide bonds. The van der Waals surface area contributed by atoms with Gasteiger partial charge in [-0.2, -0.15) is 17.6 Å². The highest BCUT2D eigenvalue weighted by Crippen LogP contribution is 2.31. The first-order chi connectivity index (χ1) is 19.4. The van der Waals surface area contributed by atoms with Crippen LogP contribution in [0.2, 0.25) is 0 Å². The number of nitrogens with two attached hydrogens (primary N) is 2. The molecule has 0 saturated carbocycles. The van der Waals surface area contributed by atoms with Crippen LogP contribution < -0.4 is 20.9 Å². The molecule has 4 rings (SSSR count). The first-order valence-corrected chi connectivity index (χ1v) is 12.2. The molecule has 0 aliphatic carbocycles. The van der Waals surface area contributed by atoms with Gasteiger partial charge >= 0.3 is 18.5 Å². The zero-order chi connectivity index (χ0) is 29.7. The average molecular weight is 565 g/mol. The largest absolute Gasteiger partial charge is 0.461 e. The van der Waals surface area contributed by atoms with Gasteiger partial charge in [0.1, 0.15) is 11.5 Å². The fourth-order valence-corrected chi connectivity index (χ4v) is 3.96. The molecule has 210 valence electrons. The summed E-state index contributed by atoms with van der Waals surface area (Å²) in [6, 6.07) is 21.2. The molecule has 0 unspecified atom stereocenters. The molecule has 6 nitrogen and oxygen atoms in total. The fraction of sp³-hybridized carbons (Fsp3) is 0.0968. The highest BCUT2D eigenvalue weighted by Gasteiger charge is 2.43. The van der Waals surface area contributed by atoms with Gasteiger partial charge in [-0.1, -0.05) is 36.4 Å². The zero-order valence-electron chi connectivity index (χ0n) is 21.6.